The van der Waals surface area contributed by atoms with Crippen molar-refractivity contribution in [2.45, 2.75) is 32.9 Å². The topological polar surface area (TPSA) is 67.2 Å². The molecule has 1 aromatic heterocycles. The third-order valence-corrected chi connectivity index (χ3v) is 5.05. The molecule has 3 aromatic rings. The molecule has 1 N–H and O–H groups in total. The van der Waals surface area contributed by atoms with Gasteiger partial charge in [-0.3, -0.25) is 14.2 Å². The number of carbonyl (C=O) groups is 1. The summed E-state index contributed by atoms with van der Waals surface area (Å²) < 4.78 is 1.50. The Labute approximate surface area is 164 Å². The molecule has 0 bridgehead atoms. The Morgan fingerprint density at radius 1 is 1.18 bits per heavy atom. The third kappa shape index (κ3) is 4.39. The zero-order chi connectivity index (χ0) is 20.1. The Bertz CT molecular complexity index is 1010. The molecule has 1 amide bonds. The predicted octanol–water partition coefficient (Wildman–Crippen LogP) is 2.74. The molecule has 1 heterocycles. The fraction of sp³-hybridized carbons (Fsp3) is 0.318. The van der Waals surface area contributed by atoms with E-state index < -0.39 is 0 Å². The highest BCUT2D eigenvalue weighted by Crippen LogP contribution is 2.14. The maximum absolute atomic E-state index is 12.6. The van der Waals surface area contributed by atoms with Crippen molar-refractivity contribution < 1.29 is 4.79 Å². The zero-order valence-corrected chi connectivity index (χ0v) is 16.6. The molecule has 6 nitrogen and oxygen atoms in total. The van der Waals surface area contributed by atoms with Crippen LogP contribution in [0.5, 0.6) is 0 Å². The molecule has 1 unspecified atom stereocenters. The van der Waals surface area contributed by atoms with Gasteiger partial charge in [0.15, 0.2) is 0 Å². The molecule has 0 aliphatic heterocycles. The second-order valence-electron chi connectivity index (χ2n) is 7.06. The van der Waals surface area contributed by atoms with Gasteiger partial charge in [-0.25, -0.2) is 4.98 Å². The number of likely N-dealkylation sites (N-methyl/N-ethyl adjacent to an activating group) is 1. The standard InChI is InChI=1S/C22H26N4O2/c1-16-8-7-11-19-21(16)24-15-26(22(19)28)13-12-20(27)23-14-17(2)25(3)18-9-5-4-6-10-18/h4-11,15,17H,12-14H2,1-3H3,(H,23,27). The number of hydrogen-bond donors (Lipinski definition) is 1. The van der Waals surface area contributed by atoms with Crippen molar-refractivity contribution in [3.05, 3.63) is 70.8 Å². The number of anilines is 1. The summed E-state index contributed by atoms with van der Waals surface area (Å²) in [6.45, 7) is 4.84. The molecule has 0 saturated heterocycles. The van der Waals surface area contributed by atoms with Crippen LogP contribution < -0.4 is 15.8 Å². The van der Waals surface area contributed by atoms with Crippen LogP contribution in [0.25, 0.3) is 10.9 Å². The minimum Gasteiger partial charge on any atom is -0.370 e. The Hall–Kier alpha value is -3.15. The second kappa shape index (κ2) is 8.69. The SMILES string of the molecule is Cc1cccc2c(=O)n(CCC(=O)NCC(C)N(C)c3ccccc3)cnc12. The number of nitrogens with zero attached hydrogens (tertiary/aromatic N) is 3. The van der Waals surface area contributed by atoms with Gasteiger partial charge in [0.25, 0.3) is 5.56 Å². The molecule has 1 atom stereocenters. The van der Waals surface area contributed by atoms with Gasteiger partial charge in [-0.2, -0.15) is 0 Å². The summed E-state index contributed by atoms with van der Waals surface area (Å²) in [6, 6.07) is 15.8. The van der Waals surface area contributed by atoms with E-state index in [0.717, 1.165) is 11.3 Å². The van der Waals surface area contributed by atoms with Crippen LogP contribution in [0.3, 0.4) is 0 Å². The van der Waals surface area contributed by atoms with Gasteiger partial charge in [0.1, 0.15) is 0 Å². The molecular weight excluding hydrogens is 352 g/mol. The van der Waals surface area contributed by atoms with Crippen molar-refractivity contribution >= 4 is 22.5 Å². The lowest BCUT2D eigenvalue weighted by Gasteiger charge is -2.27. The van der Waals surface area contributed by atoms with Crippen molar-refractivity contribution in [1.82, 2.24) is 14.9 Å². The maximum atomic E-state index is 12.6. The normalized spacial score (nSPS) is 12.0. The van der Waals surface area contributed by atoms with Crippen LogP contribution in [-0.4, -0.2) is 35.1 Å². The number of hydrogen-bond acceptors (Lipinski definition) is 4. The summed E-state index contributed by atoms with van der Waals surface area (Å²) in [7, 11) is 2.01. The average Bonchev–Trinajstić information content (AvgIpc) is 2.72. The third-order valence-electron chi connectivity index (χ3n) is 5.05. The quantitative estimate of drug-likeness (QED) is 0.686. The molecule has 28 heavy (non-hydrogen) atoms. The Balaban J connectivity index is 1.55. The molecule has 6 heteroatoms. The average molecular weight is 378 g/mol. The van der Waals surface area contributed by atoms with Crippen LogP contribution in [0, 0.1) is 6.92 Å². The van der Waals surface area contributed by atoms with E-state index in [-0.39, 0.29) is 23.9 Å². The highest BCUT2D eigenvalue weighted by atomic mass is 16.1. The molecular formula is C22H26N4O2. The van der Waals surface area contributed by atoms with Gasteiger partial charge in [0, 0.05) is 38.3 Å². The zero-order valence-electron chi connectivity index (χ0n) is 16.6. The molecule has 0 saturated carbocycles. The van der Waals surface area contributed by atoms with Crippen molar-refractivity contribution in [3.8, 4) is 0 Å². The van der Waals surface area contributed by atoms with Crippen LogP contribution in [-0.2, 0) is 11.3 Å². The first-order chi connectivity index (χ1) is 13.5. The minimum absolute atomic E-state index is 0.0791. The van der Waals surface area contributed by atoms with E-state index in [4.69, 9.17) is 0 Å². The highest BCUT2D eigenvalue weighted by molar-refractivity contribution is 5.80. The van der Waals surface area contributed by atoms with Crippen LogP contribution >= 0.6 is 0 Å². The lowest BCUT2D eigenvalue weighted by atomic mass is 10.1. The first kappa shape index (κ1) is 19.6. The molecule has 0 aliphatic rings. The number of para-hydroxylation sites is 2. The van der Waals surface area contributed by atoms with Crippen molar-refractivity contribution in [2.75, 3.05) is 18.5 Å². The van der Waals surface area contributed by atoms with E-state index in [9.17, 15) is 9.59 Å². The first-order valence-corrected chi connectivity index (χ1v) is 9.46. The molecule has 0 radical (unpaired) electrons. The highest BCUT2D eigenvalue weighted by Gasteiger charge is 2.12. The van der Waals surface area contributed by atoms with Gasteiger partial charge in [-0.05, 0) is 37.6 Å². The van der Waals surface area contributed by atoms with Gasteiger partial charge in [0.2, 0.25) is 5.91 Å². The molecule has 146 valence electrons. The van der Waals surface area contributed by atoms with E-state index in [1.165, 1.54) is 10.9 Å². The number of nitrogens with one attached hydrogen (secondary N) is 1. The number of amides is 1. The van der Waals surface area contributed by atoms with Crippen LogP contribution in [0.15, 0.2) is 59.7 Å². The van der Waals surface area contributed by atoms with Gasteiger partial charge in [0.05, 0.1) is 17.2 Å². The minimum atomic E-state index is -0.112. The van der Waals surface area contributed by atoms with Crippen molar-refractivity contribution in [3.63, 3.8) is 0 Å². The number of benzene rings is 2. The Kier molecular flexibility index (Phi) is 6.09. The van der Waals surface area contributed by atoms with E-state index in [1.54, 1.807) is 6.07 Å². The van der Waals surface area contributed by atoms with E-state index in [0.29, 0.717) is 24.0 Å². The van der Waals surface area contributed by atoms with Gasteiger partial charge in [-0.15, -0.1) is 0 Å². The smallest absolute Gasteiger partial charge is 0.261 e. The first-order valence-electron chi connectivity index (χ1n) is 9.46. The van der Waals surface area contributed by atoms with Gasteiger partial charge < -0.3 is 10.2 Å². The van der Waals surface area contributed by atoms with E-state index >= 15 is 0 Å². The molecule has 3 rings (SSSR count). The largest absolute Gasteiger partial charge is 0.370 e. The number of carbonyl (C=O) groups excluding carboxylic acids is 1. The summed E-state index contributed by atoms with van der Waals surface area (Å²) in [5.74, 6) is -0.0791. The van der Waals surface area contributed by atoms with Crippen molar-refractivity contribution in [1.29, 1.82) is 0 Å². The number of fused-ring (bicyclic) bond motifs is 1. The summed E-state index contributed by atoms with van der Waals surface area (Å²) in [6.07, 6.45) is 1.76. The second-order valence-corrected chi connectivity index (χ2v) is 7.06. The van der Waals surface area contributed by atoms with Gasteiger partial charge >= 0.3 is 0 Å². The number of aryl methyl sites for hydroxylation is 2. The van der Waals surface area contributed by atoms with Crippen molar-refractivity contribution in [2.24, 2.45) is 0 Å². The number of aromatic nitrogens is 2. The summed E-state index contributed by atoms with van der Waals surface area (Å²) >= 11 is 0. The Morgan fingerprint density at radius 2 is 1.93 bits per heavy atom. The van der Waals surface area contributed by atoms with Gasteiger partial charge in [-0.1, -0.05) is 30.3 Å². The summed E-state index contributed by atoms with van der Waals surface area (Å²) in [5, 5.41) is 3.54. The number of rotatable bonds is 7. The summed E-state index contributed by atoms with van der Waals surface area (Å²) in [5.41, 5.74) is 2.68. The van der Waals surface area contributed by atoms with E-state index in [2.05, 4.69) is 22.1 Å². The lowest BCUT2D eigenvalue weighted by molar-refractivity contribution is -0.121. The molecule has 0 spiro atoms. The fourth-order valence-corrected chi connectivity index (χ4v) is 3.12. The molecule has 0 aliphatic carbocycles. The molecule has 0 fully saturated rings. The monoisotopic (exact) mass is 378 g/mol. The predicted molar refractivity (Wildman–Crippen MR) is 113 cm³/mol. The van der Waals surface area contributed by atoms with E-state index in [1.807, 2.05) is 56.4 Å². The fourth-order valence-electron chi connectivity index (χ4n) is 3.12. The van der Waals surface area contributed by atoms with Crippen LogP contribution in [0.2, 0.25) is 0 Å². The molecule has 2 aromatic carbocycles. The van der Waals surface area contributed by atoms with Crippen LogP contribution in [0.1, 0.15) is 18.9 Å². The maximum Gasteiger partial charge on any atom is 0.261 e. The van der Waals surface area contributed by atoms with Crippen LogP contribution in [0.4, 0.5) is 5.69 Å². The Morgan fingerprint density at radius 3 is 2.68 bits per heavy atom. The lowest BCUT2D eigenvalue weighted by Crippen LogP contribution is -2.40. The summed E-state index contributed by atoms with van der Waals surface area (Å²) in [4.78, 5) is 31.3.